The Balaban J connectivity index is 1.62. The molecule has 2 heterocycles. The first-order valence-electron chi connectivity index (χ1n) is 9.09. The molecule has 0 aliphatic rings. The molecule has 4 aromatic rings. The van der Waals surface area contributed by atoms with Crippen LogP contribution >= 0.6 is 0 Å². The van der Waals surface area contributed by atoms with Crippen molar-refractivity contribution in [3.63, 3.8) is 0 Å². The van der Waals surface area contributed by atoms with E-state index in [9.17, 15) is 4.79 Å². The maximum absolute atomic E-state index is 12.1. The van der Waals surface area contributed by atoms with Gasteiger partial charge in [-0.05, 0) is 48.4 Å². The van der Waals surface area contributed by atoms with E-state index < -0.39 is 5.97 Å². The van der Waals surface area contributed by atoms with Gasteiger partial charge in [0.25, 0.3) is 0 Å². The Morgan fingerprint density at radius 2 is 1.93 bits per heavy atom. The number of ether oxygens (including phenoxy) is 1. The van der Waals surface area contributed by atoms with E-state index in [1.807, 2.05) is 19.1 Å². The van der Waals surface area contributed by atoms with Crippen LogP contribution in [0.4, 0.5) is 11.5 Å². The minimum Gasteiger partial charge on any atom is -0.465 e. The van der Waals surface area contributed by atoms with Gasteiger partial charge < -0.3 is 14.6 Å². The van der Waals surface area contributed by atoms with Gasteiger partial charge in [0.05, 0.1) is 7.11 Å². The van der Waals surface area contributed by atoms with E-state index in [4.69, 9.17) is 4.74 Å². The molecule has 0 amide bonds. The van der Waals surface area contributed by atoms with E-state index in [2.05, 4.69) is 63.5 Å². The first-order chi connectivity index (χ1) is 13.6. The van der Waals surface area contributed by atoms with Crippen LogP contribution in [0.15, 0.2) is 73.1 Å². The number of pyridine rings is 1. The normalized spacial score (nSPS) is 10.8. The van der Waals surface area contributed by atoms with Crippen molar-refractivity contribution < 1.29 is 9.53 Å². The van der Waals surface area contributed by atoms with Gasteiger partial charge in [0.15, 0.2) is 0 Å². The third-order valence-electron chi connectivity index (χ3n) is 4.66. The van der Waals surface area contributed by atoms with Gasteiger partial charge in [0.1, 0.15) is 11.4 Å². The van der Waals surface area contributed by atoms with E-state index in [1.54, 1.807) is 12.3 Å². The van der Waals surface area contributed by atoms with Crippen molar-refractivity contribution >= 4 is 28.4 Å². The van der Waals surface area contributed by atoms with Gasteiger partial charge in [-0.1, -0.05) is 30.3 Å². The maximum Gasteiger partial charge on any atom is 0.341 e. The number of rotatable bonds is 5. The molecule has 0 saturated heterocycles. The van der Waals surface area contributed by atoms with Crippen LogP contribution in [0, 0.1) is 6.92 Å². The largest absolute Gasteiger partial charge is 0.465 e. The summed E-state index contributed by atoms with van der Waals surface area (Å²) in [6.07, 6.45) is 3.81. The number of benzene rings is 2. The molecule has 5 nitrogen and oxygen atoms in total. The number of nitrogens with one attached hydrogen (secondary N) is 1. The van der Waals surface area contributed by atoms with Crippen LogP contribution in [0.25, 0.3) is 10.9 Å². The third kappa shape index (κ3) is 3.60. The first-order valence-corrected chi connectivity index (χ1v) is 9.09. The van der Waals surface area contributed by atoms with Gasteiger partial charge in [-0.3, -0.25) is 0 Å². The number of methoxy groups -OCH3 is 1. The Morgan fingerprint density at radius 3 is 2.71 bits per heavy atom. The monoisotopic (exact) mass is 371 g/mol. The second kappa shape index (κ2) is 7.56. The van der Waals surface area contributed by atoms with E-state index >= 15 is 0 Å². The van der Waals surface area contributed by atoms with Crippen LogP contribution in [0.5, 0.6) is 0 Å². The Bertz CT molecular complexity index is 1130. The fraction of sp³-hybridized carbons (Fsp3) is 0.130. The first kappa shape index (κ1) is 17.8. The Kier molecular flexibility index (Phi) is 4.81. The molecule has 28 heavy (non-hydrogen) atoms. The Hall–Kier alpha value is -3.60. The molecule has 0 bridgehead atoms. The van der Waals surface area contributed by atoms with E-state index in [0.717, 1.165) is 28.7 Å². The van der Waals surface area contributed by atoms with Crippen LogP contribution in [0.2, 0.25) is 0 Å². The predicted molar refractivity (Wildman–Crippen MR) is 111 cm³/mol. The summed E-state index contributed by atoms with van der Waals surface area (Å²) >= 11 is 0. The fourth-order valence-electron chi connectivity index (χ4n) is 3.27. The molecule has 0 aliphatic heterocycles. The van der Waals surface area contributed by atoms with Crippen LogP contribution in [-0.2, 0) is 11.3 Å². The van der Waals surface area contributed by atoms with Crippen molar-refractivity contribution in [1.82, 2.24) is 9.55 Å². The van der Waals surface area contributed by atoms with Crippen molar-refractivity contribution in [2.45, 2.75) is 13.5 Å². The van der Waals surface area contributed by atoms with Gasteiger partial charge in [-0.2, -0.15) is 0 Å². The van der Waals surface area contributed by atoms with Gasteiger partial charge in [0, 0.05) is 35.5 Å². The molecule has 2 aromatic carbocycles. The van der Waals surface area contributed by atoms with Gasteiger partial charge in [-0.25, -0.2) is 9.78 Å². The van der Waals surface area contributed by atoms with E-state index in [1.165, 1.54) is 12.7 Å². The van der Waals surface area contributed by atoms with Crippen molar-refractivity contribution in [2.24, 2.45) is 0 Å². The van der Waals surface area contributed by atoms with Crippen LogP contribution < -0.4 is 5.32 Å². The summed E-state index contributed by atoms with van der Waals surface area (Å²) in [5.74, 6) is 0.0781. The standard InChI is InChI=1S/C23H21N3O2/c1-16-12-20(23(27)28-2)22(24-14-16)25-19-8-9-21-18(13-19)10-11-26(21)15-17-6-4-3-5-7-17/h3-14H,15H2,1-2H3,(H,24,25). The summed E-state index contributed by atoms with van der Waals surface area (Å²) in [4.78, 5) is 16.4. The zero-order valence-electron chi connectivity index (χ0n) is 15.8. The second-order valence-corrected chi connectivity index (χ2v) is 6.73. The topological polar surface area (TPSA) is 56.1 Å². The SMILES string of the molecule is COC(=O)c1cc(C)cnc1Nc1ccc2c(ccn2Cc2ccccc2)c1. The number of aryl methyl sites for hydroxylation is 1. The molecule has 2 aromatic heterocycles. The number of carbonyl (C=O) groups is 1. The fourth-order valence-corrected chi connectivity index (χ4v) is 3.27. The Morgan fingerprint density at radius 1 is 1.11 bits per heavy atom. The lowest BCUT2D eigenvalue weighted by molar-refractivity contribution is 0.0601. The molecule has 4 rings (SSSR count). The summed E-state index contributed by atoms with van der Waals surface area (Å²) in [5.41, 5.74) is 4.60. The minimum absolute atomic E-state index is 0.409. The van der Waals surface area contributed by atoms with Crippen molar-refractivity contribution in [2.75, 3.05) is 12.4 Å². The summed E-state index contributed by atoms with van der Waals surface area (Å²) in [6, 6.07) is 20.4. The molecule has 0 radical (unpaired) electrons. The number of fused-ring (bicyclic) bond motifs is 1. The van der Waals surface area contributed by atoms with Gasteiger partial charge in [-0.15, -0.1) is 0 Å². The predicted octanol–water partition coefficient (Wildman–Crippen LogP) is 4.92. The lowest BCUT2D eigenvalue weighted by Crippen LogP contribution is -2.08. The molecule has 0 spiro atoms. The third-order valence-corrected chi connectivity index (χ3v) is 4.66. The summed E-state index contributed by atoms with van der Waals surface area (Å²) in [5, 5.41) is 4.36. The average Bonchev–Trinajstić information content (AvgIpc) is 3.11. The molecule has 140 valence electrons. The number of hydrogen-bond donors (Lipinski definition) is 1. The summed E-state index contributed by atoms with van der Waals surface area (Å²) < 4.78 is 7.10. The highest BCUT2D eigenvalue weighted by molar-refractivity contribution is 5.96. The quantitative estimate of drug-likeness (QED) is 0.506. The zero-order chi connectivity index (χ0) is 19.5. The number of carbonyl (C=O) groups excluding carboxylic acids is 1. The van der Waals surface area contributed by atoms with Crippen LogP contribution in [-0.4, -0.2) is 22.6 Å². The molecular formula is C23H21N3O2. The molecule has 5 heteroatoms. The maximum atomic E-state index is 12.1. The zero-order valence-corrected chi connectivity index (χ0v) is 15.8. The molecule has 0 atom stereocenters. The van der Waals surface area contributed by atoms with Crippen molar-refractivity contribution in [3.05, 3.63) is 89.7 Å². The molecule has 0 unspecified atom stereocenters. The van der Waals surface area contributed by atoms with Crippen molar-refractivity contribution in [1.29, 1.82) is 0 Å². The van der Waals surface area contributed by atoms with Crippen LogP contribution in [0.1, 0.15) is 21.5 Å². The highest BCUT2D eigenvalue weighted by atomic mass is 16.5. The highest BCUT2D eigenvalue weighted by Gasteiger charge is 2.14. The Labute approximate surface area is 163 Å². The molecule has 1 N–H and O–H groups in total. The number of nitrogens with zero attached hydrogens (tertiary/aromatic N) is 2. The lowest BCUT2D eigenvalue weighted by atomic mass is 10.2. The molecule has 0 aliphatic carbocycles. The molecule has 0 saturated carbocycles. The molecular weight excluding hydrogens is 350 g/mol. The highest BCUT2D eigenvalue weighted by Crippen LogP contribution is 2.25. The van der Waals surface area contributed by atoms with Gasteiger partial charge in [0.2, 0.25) is 0 Å². The molecule has 0 fully saturated rings. The number of esters is 1. The number of anilines is 2. The van der Waals surface area contributed by atoms with Crippen molar-refractivity contribution in [3.8, 4) is 0 Å². The van der Waals surface area contributed by atoms with E-state index in [-0.39, 0.29) is 0 Å². The second-order valence-electron chi connectivity index (χ2n) is 6.73. The lowest BCUT2D eigenvalue weighted by Gasteiger charge is -2.11. The number of aromatic nitrogens is 2. The smallest absolute Gasteiger partial charge is 0.341 e. The van der Waals surface area contributed by atoms with E-state index in [0.29, 0.717) is 11.4 Å². The minimum atomic E-state index is -0.409. The summed E-state index contributed by atoms with van der Waals surface area (Å²) in [6.45, 7) is 2.72. The summed E-state index contributed by atoms with van der Waals surface area (Å²) in [7, 11) is 1.37. The van der Waals surface area contributed by atoms with Crippen LogP contribution in [0.3, 0.4) is 0 Å². The van der Waals surface area contributed by atoms with Gasteiger partial charge >= 0.3 is 5.97 Å². The average molecular weight is 371 g/mol. The number of hydrogen-bond acceptors (Lipinski definition) is 4.